The molecule has 0 saturated carbocycles. The van der Waals surface area contributed by atoms with Gasteiger partial charge >= 0.3 is 6.18 Å². The summed E-state index contributed by atoms with van der Waals surface area (Å²) < 4.78 is 38.5. The summed E-state index contributed by atoms with van der Waals surface area (Å²) in [7, 11) is 0. The van der Waals surface area contributed by atoms with Crippen LogP contribution in [0.25, 0.3) is 0 Å². The molecule has 0 saturated heterocycles. The van der Waals surface area contributed by atoms with Crippen LogP contribution in [0.3, 0.4) is 0 Å². The van der Waals surface area contributed by atoms with Crippen molar-refractivity contribution in [2.24, 2.45) is 5.92 Å². The largest absolute Gasteiger partial charge is 0.417 e. The molecule has 2 N–H and O–H groups in total. The number of amides is 1. The zero-order valence-electron chi connectivity index (χ0n) is 12.4. The minimum atomic E-state index is -4.58. The minimum absolute atomic E-state index is 0.0503. The third-order valence-corrected chi connectivity index (χ3v) is 3.22. The van der Waals surface area contributed by atoms with E-state index >= 15 is 0 Å². The number of nitrogens with one attached hydrogen (secondary N) is 1. The predicted octanol–water partition coefficient (Wildman–Crippen LogP) is 1.39. The van der Waals surface area contributed by atoms with E-state index in [4.69, 9.17) is 5.11 Å². The van der Waals surface area contributed by atoms with E-state index in [2.05, 4.69) is 5.32 Å². The van der Waals surface area contributed by atoms with E-state index in [1.165, 1.54) is 0 Å². The normalized spacial score (nSPS) is 13.2. The fraction of sp³-hybridized carbons (Fsp3) is 0.571. The number of carbonyl (C=O) groups is 1. The van der Waals surface area contributed by atoms with Crippen molar-refractivity contribution in [3.8, 4) is 0 Å². The van der Waals surface area contributed by atoms with Crippen molar-refractivity contribution < 1.29 is 23.1 Å². The van der Waals surface area contributed by atoms with Gasteiger partial charge in [0.1, 0.15) is 6.54 Å². The summed E-state index contributed by atoms with van der Waals surface area (Å²) in [5.74, 6) is -0.525. The molecule has 1 atom stereocenters. The van der Waals surface area contributed by atoms with E-state index < -0.39 is 29.8 Å². The van der Waals surface area contributed by atoms with Crippen molar-refractivity contribution in [2.45, 2.75) is 39.0 Å². The van der Waals surface area contributed by atoms with Crippen LogP contribution in [0.4, 0.5) is 13.2 Å². The van der Waals surface area contributed by atoms with E-state index in [0.717, 1.165) is 6.07 Å². The molecule has 1 amide bonds. The molecule has 0 aliphatic carbocycles. The second-order valence-electron chi connectivity index (χ2n) is 5.31. The Balaban J connectivity index is 2.86. The highest BCUT2D eigenvalue weighted by molar-refractivity contribution is 5.76. The third-order valence-electron chi connectivity index (χ3n) is 3.22. The lowest BCUT2D eigenvalue weighted by Gasteiger charge is -2.21. The Morgan fingerprint density at radius 2 is 2.00 bits per heavy atom. The van der Waals surface area contributed by atoms with Gasteiger partial charge in [0.05, 0.1) is 5.56 Å². The van der Waals surface area contributed by atoms with Gasteiger partial charge in [-0.1, -0.05) is 13.8 Å². The Hall–Kier alpha value is -1.83. The van der Waals surface area contributed by atoms with E-state index in [-0.39, 0.29) is 18.6 Å². The number of carbonyl (C=O) groups excluding carboxylic acids is 1. The van der Waals surface area contributed by atoms with Gasteiger partial charge in [-0.25, -0.2) is 0 Å². The van der Waals surface area contributed by atoms with Crippen LogP contribution in [0.2, 0.25) is 0 Å². The second kappa shape index (κ2) is 7.44. The van der Waals surface area contributed by atoms with Crippen molar-refractivity contribution in [1.82, 2.24) is 9.88 Å². The third kappa shape index (κ3) is 5.18. The van der Waals surface area contributed by atoms with Gasteiger partial charge in [-0.15, -0.1) is 0 Å². The van der Waals surface area contributed by atoms with Crippen LogP contribution in [0.1, 0.15) is 25.8 Å². The molecule has 0 radical (unpaired) electrons. The van der Waals surface area contributed by atoms with Gasteiger partial charge in [0.25, 0.3) is 5.56 Å². The Morgan fingerprint density at radius 1 is 1.36 bits per heavy atom. The molecular formula is C14H19F3N2O3. The summed E-state index contributed by atoms with van der Waals surface area (Å²) in [6.07, 6.45) is -3.62. The summed E-state index contributed by atoms with van der Waals surface area (Å²) in [5, 5.41) is 11.5. The molecule has 0 spiro atoms. The van der Waals surface area contributed by atoms with Gasteiger partial charge in [-0.3, -0.25) is 9.59 Å². The molecule has 1 unspecified atom stereocenters. The Labute approximate surface area is 125 Å². The minimum Gasteiger partial charge on any atom is -0.396 e. The van der Waals surface area contributed by atoms with Gasteiger partial charge in [0.15, 0.2) is 0 Å². The summed E-state index contributed by atoms with van der Waals surface area (Å²) in [4.78, 5) is 23.4. The van der Waals surface area contributed by atoms with Crippen molar-refractivity contribution in [3.63, 3.8) is 0 Å². The van der Waals surface area contributed by atoms with Gasteiger partial charge in [0, 0.05) is 24.9 Å². The first kappa shape index (κ1) is 18.2. The molecule has 22 heavy (non-hydrogen) atoms. The van der Waals surface area contributed by atoms with Crippen LogP contribution in [0, 0.1) is 5.92 Å². The van der Waals surface area contributed by atoms with Crippen LogP contribution >= 0.6 is 0 Å². The average Bonchev–Trinajstić information content (AvgIpc) is 2.39. The molecule has 1 rings (SSSR count). The quantitative estimate of drug-likeness (QED) is 0.832. The highest BCUT2D eigenvalue weighted by Crippen LogP contribution is 2.27. The molecular weight excluding hydrogens is 301 g/mol. The number of alkyl halides is 3. The molecule has 8 heteroatoms. The zero-order valence-corrected chi connectivity index (χ0v) is 12.4. The van der Waals surface area contributed by atoms with Crippen LogP contribution in [0.5, 0.6) is 0 Å². The molecule has 1 aromatic heterocycles. The standard InChI is InChI=1S/C14H19F3N2O3/c1-9(2)11(5-6-20)18-12(21)8-19-7-10(14(15,16)17)3-4-13(19)22/h3-4,7,9,11,20H,5-6,8H2,1-2H3,(H,18,21). The zero-order chi connectivity index (χ0) is 16.9. The number of aliphatic hydroxyl groups is 1. The highest BCUT2D eigenvalue weighted by atomic mass is 19.4. The van der Waals surface area contributed by atoms with Crippen LogP contribution in [-0.4, -0.2) is 28.2 Å². The number of aromatic nitrogens is 1. The fourth-order valence-corrected chi connectivity index (χ4v) is 1.94. The predicted molar refractivity (Wildman–Crippen MR) is 74.2 cm³/mol. The fourth-order valence-electron chi connectivity index (χ4n) is 1.94. The van der Waals surface area contributed by atoms with Gasteiger partial charge in [-0.05, 0) is 18.4 Å². The number of halogens is 3. The van der Waals surface area contributed by atoms with E-state index in [9.17, 15) is 22.8 Å². The first-order valence-corrected chi connectivity index (χ1v) is 6.83. The van der Waals surface area contributed by atoms with Crippen molar-refractivity contribution in [2.75, 3.05) is 6.61 Å². The summed E-state index contributed by atoms with van der Waals surface area (Å²) in [6.45, 7) is 3.07. The number of hydrogen-bond acceptors (Lipinski definition) is 3. The maximum atomic E-state index is 12.6. The van der Waals surface area contributed by atoms with E-state index in [1.54, 1.807) is 0 Å². The second-order valence-corrected chi connectivity index (χ2v) is 5.31. The molecule has 0 aromatic carbocycles. The van der Waals surface area contributed by atoms with Crippen LogP contribution in [0.15, 0.2) is 23.1 Å². The van der Waals surface area contributed by atoms with E-state index in [0.29, 0.717) is 23.3 Å². The Bertz CT molecular complexity index is 567. The molecule has 0 aliphatic rings. The molecule has 5 nitrogen and oxygen atoms in total. The summed E-state index contributed by atoms with van der Waals surface area (Å²) >= 11 is 0. The van der Waals surface area contributed by atoms with E-state index in [1.807, 2.05) is 13.8 Å². The average molecular weight is 320 g/mol. The summed E-state index contributed by atoms with van der Waals surface area (Å²) in [5.41, 5.74) is -1.68. The maximum Gasteiger partial charge on any atom is 0.417 e. The van der Waals surface area contributed by atoms with Crippen molar-refractivity contribution >= 4 is 5.91 Å². The van der Waals surface area contributed by atoms with Gasteiger partial charge in [-0.2, -0.15) is 13.2 Å². The number of hydrogen-bond donors (Lipinski definition) is 2. The lowest BCUT2D eigenvalue weighted by atomic mass is 10.0. The highest BCUT2D eigenvalue weighted by Gasteiger charge is 2.31. The number of nitrogens with zero attached hydrogens (tertiary/aromatic N) is 1. The maximum absolute atomic E-state index is 12.6. The Morgan fingerprint density at radius 3 is 2.50 bits per heavy atom. The summed E-state index contributed by atoms with van der Waals surface area (Å²) in [6, 6.07) is 1.16. The lowest BCUT2D eigenvalue weighted by Crippen LogP contribution is -2.42. The smallest absolute Gasteiger partial charge is 0.396 e. The first-order valence-electron chi connectivity index (χ1n) is 6.83. The van der Waals surface area contributed by atoms with Crippen LogP contribution < -0.4 is 10.9 Å². The Kier molecular flexibility index (Phi) is 6.16. The van der Waals surface area contributed by atoms with Gasteiger partial charge in [0.2, 0.25) is 5.91 Å². The number of rotatable bonds is 6. The molecule has 0 fully saturated rings. The van der Waals surface area contributed by atoms with Crippen LogP contribution in [-0.2, 0) is 17.5 Å². The molecule has 1 heterocycles. The van der Waals surface area contributed by atoms with Crippen molar-refractivity contribution in [1.29, 1.82) is 0 Å². The van der Waals surface area contributed by atoms with Gasteiger partial charge < -0.3 is 15.0 Å². The molecule has 1 aromatic rings. The first-order chi connectivity index (χ1) is 10.1. The van der Waals surface area contributed by atoms with Crippen molar-refractivity contribution in [3.05, 3.63) is 34.2 Å². The number of pyridine rings is 1. The SMILES string of the molecule is CC(C)C(CCO)NC(=O)Cn1cc(C(F)(F)F)ccc1=O. The molecule has 124 valence electrons. The topological polar surface area (TPSA) is 71.3 Å². The molecule has 0 bridgehead atoms. The molecule has 0 aliphatic heterocycles. The monoisotopic (exact) mass is 320 g/mol. The lowest BCUT2D eigenvalue weighted by molar-refractivity contribution is -0.138. The number of aliphatic hydroxyl groups excluding tert-OH is 1.